The third-order valence-electron chi connectivity index (χ3n) is 6.77. The third kappa shape index (κ3) is 3.65. The molecule has 0 bridgehead atoms. The van der Waals surface area contributed by atoms with Gasteiger partial charge in [0.05, 0.1) is 18.4 Å². The number of carbonyl (C=O) groups excluding carboxylic acids is 1. The lowest BCUT2D eigenvalue weighted by molar-refractivity contribution is 0.0388. The standard InChI is InChI=1S/C20H28ClN3O4S/c1-22-6-8-23(9-7-22)12-15-5-10-29(26,27)20(15)13-24(14-20)19(25)17-11-16(21)3-4-18(17)28-2/h3-4,11,15H,5-10,12-14H2,1-2H3. The van der Waals surface area contributed by atoms with Gasteiger partial charge in [0.25, 0.3) is 5.91 Å². The molecule has 4 rings (SSSR count). The molecular formula is C20H28ClN3O4S. The number of nitrogens with zero attached hydrogens (tertiary/aromatic N) is 3. The third-order valence-corrected chi connectivity index (χ3v) is 9.61. The topological polar surface area (TPSA) is 70.2 Å². The van der Waals surface area contributed by atoms with E-state index >= 15 is 0 Å². The van der Waals surface area contributed by atoms with E-state index in [-0.39, 0.29) is 30.7 Å². The first-order valence-electron chi connectivity index (χ1n) is 10.0. The van der Waals surface area contributed by atoms with E-state index in [1.807, 2.05) is 0 Å². The smallest absolute Gasteiger partial charge is 0.257 e. The number of ether oxygens (including phenoxy) is 1. The van der Waals surface area contributed by atoms with Crippen molar-refractivity contribution in [2.75, 3.05) is 65.7 Å². The number of amides is 1. The predicted octanol–water partition coefficient (Wildman–Crippen LogP) is 1.23. The minimum atomic E-state index is -3.22. The molecule has 0 N–H and O–H groups in total. The summed E-state index contributed by atoms with van der Waals surface area (Å²) in [6.07, 6.45) is 0.678. The van der Waals surface area contributed by atoms with Crippen molar-refractivity contribution in [2.24, 2.45) is 5.92 Å². The predicted molar refractivity (Wildman–Crippen MR) is 112 cm³/mol. The van der Waals surface area contributed by atoms with E-state index in [2.05, 4.69) is 16.8 Å². The number of likely N-dealkylation sites (tertiary alicyclic amines) is 1. The summed E-state index contributed by atoms with van der Waals surface area (Å²) >= 11 is 6.06. The highest BCUT2D eigenvalue weighted by Gasteiger charge is 2.62. The van der Waals surface area contributed by atoms with Gasteiger partial charge in [-0.2, -0.15) is 0 Å². The van der Waals surface area contributed by atoms with Crippen molar-refractivity contribution in [1.82, 2.24) is 14.7 Å². The van der Waals surface area contributed by atoms with Crippen molar-refractivity contribution in [2.45, 2.75) is 11.2 Å². The Morgan fingerprint density at radius 3 is 2.59 bits per heavy atom. The van der Waals surface area contributed by atoms with Crippen molar-refractivity contribution in [3.63, 3.8) is 0 Å². The molecule has 1 aromatic carbocycles. The molecular weight excluding hydrogens is 414 g/mol. The summed E-state index contributed by atoms with van der Waals surface area (Å²) in [5.41, 5.74) is 0.376. The SMILES string of the molecule is COc1ccc(Cl)cc1C(=O)N1CC2(C1)C(CN1CCN(C)CC1)CCS2(=O)=O. The van der Waals surface area contributed by atoms with E-state index in [1.165, 1.54) is 7.11 Å². The van der Waals surface area contributed by atoms with E-state index in [9.17, 15) is 13.2 Å². The number of hydrogen-bond donors (Lipinski definition) is 0. The zero-order valence-electron chi connectivity index (χ0n) is 16.9. The van der Waals surface area contributed by atoms with E-state index in [1.54, 1.807) is 23.1 Å². The minimum Gasteiger partial charge on any atom is -0.496 e. The van der Waals surface area contributed by atoms with E-state index in [0.29, 0.717) is 22.8 Å². The van der Waals surface area contributed by atoms with E-state index in [0.717, 1.165) is 32.7 Å². The lowest BCUT2D eigenvalue weighted by atomic mass is 9.82. The Hall–Kier alpha value is -1.35. The van der Waals surface area contributed by atoms with Crippen LogP contribution in [0.4, 0.5) is 0 Å². The van der Waals surface area contributed by atoms with Crippen LogP contribution < -0.4 is 4.74 Å². The molecule has 0 saturated carbocycles. The zero-order valence-corrected chi connectivity index (χ0v) is 18.5. The summed E-state index contributed by atoms with van der Waals surface area (Å²) in [6.45, 7) is 5.23. The largest absolute Gasteiger partial charge is 0.496 e. The Labute approximate surface area is 177 Å². The maximum absolute atomic E-state index is 13.0. The van der Waals surface area contributed by atoms with Gasteiger partial charge in [0.1, 0.15) is 10.5 Å². The van der Waals surface area contributed by atoms with Crippen LogP contribution >= 0.6 is 11.6 Å². The molecule has 160 valence electrons. The summed E-state index contributed by atoms with van der Waals surface area (Å²) in [6, 6.07) is 4.91. The first-order chi connectivity index (χ1) is 13.8. The molecule has 3 saturated heterocycles. The quantitative estimate of drug-likeness (QED) is 0.699. The number of methoxy groups -OCH3 is 1. The second-order valence-electron chi connectivity index (χ2n) is 8.48. The molecule has 9 heteroatoms. The summed E-state index contributed by atoms with van der Waals surface area (Å²) in [5.74, 6) is 0.508. The fourth-order valence-corrected chi connectivity index (χ4v) is 7.41. The van der Waals surface area contributed by atoms with Gasteiger partial charge in [-0.3, -0.25) is 4.79 Å². The molecule has 1 amide bonds. The van der Waals surface area contributed by atoms with Crippen LogP contribution in [0.1, 0.15) is 16.8 Å². The maximum atomic E-state index is 13.0. The molecule has 1 spiro atoms. The van der Waals surface area contributed by atoms with Crippen LogP contribution in [0.2, 0.25) is 5.02 Å². The van der Waals surface area contributed by atoms with Crippen molar-refractivity contribution < 1.29 is 17.9 Å². The van der Waals surface area contributed by atoms with Gasteiger partial charge in [0, 0.05) is 50.8 Å². The molecule has 3 heterocycles. The average molecular weight is 442 g/mol. The van der Waals surface area contributed by atoms with Gasteiger partial charge in [-0.05, 0) is 37.6 Å². The Morgan fingerprint density at radius 1 is 1.24 bits per heavy atom. The highest BCUT2D eigenvalue weighted by molar-refractivity contribution is 7.93. The van der Waals surface area contributed by atoms with Gasteiger partial charge in [0.2, 0.25) is 0 Å². The van der Waals surface area contributed by atoms with Crippen molar-refractivity contribution >= 4 is 27.3 Å². The van der Waals surface area contributed by atoms with E-state index < -0.39 is 14.6 Å². The van der Waals surface area contributed by atoms with Crippen molar-refractivity contribution in [1.29, 1.82) is 0 Å². The summed E-state index contributed by atoms with van der Waals surface area (Å²) in [4.78, 5) is 19.3. The van der Waals surface area contributed by atoms with Gasteiger partial charge >= 0.3 is 0 Å². The fraction of sp³-hybridized carbons (Fsp3) is 0.650. The maximum Gasteiger partial charge on any atom is 0.257 e. The van der Waals surface area contributed by atoms with Gasteiger partial charge < -0.3 is 19.4 Å². The van der Waals surface area contributed by atoms with Gasteiger partial charge in [-0.15, -0.1) is 0 Å². The lowest BCUT2D eigenvalue weighted by Gasteiger charge is -2.51. The Bertz CT molecular complexity index is 893. The molecule has 0 aliphatic carbocycles. The number of piperazine rings is 1. The number of rotatable bonds is 4. The Kier molecular flexibility index (Phi) is 5.57. The average Bonchev–Trinajstić information content (AvgIpc) is 2.92. The van der Waals surface area contributed by atoms with Crippen LogP contribution in [0.15, 0.2) is 18.2 Å². The number of benzene rings is 1. The minimum absolute atomic E-state index is 0.0706. The second-order valence-corrected chi connectivity index (χ2v) is 11.4. The van der Waals surface area contributed by atoms with Crippen LogP contribution in [0.5, 0.6) is 5.75 Å². The molecule has 7 nitrogen and oxygen atoms in total. The van der Waals surface area contributed by atoms with Gasteiger partial charge in [0.15, 0.2) is 9.84 Å². The van der Waals surface area contributed by atoms with E-state index in [4.69, 9.17) is 16.3 Å². The lowest BCUT2D eigenvalue weighted by Crippen LogP contribution is -2.69. The highest BCUT2D eigenvalue weighted by atomic mass is 35.5. The zero-order chi connectivity index (χ0) is 20.8. The highest BCUT2D eigenvalue weighted by Crippen LogP contribution is 2.46. The molecule has 1 aromatic rings. The monoisotopic (exact) mass is 441 g/mol. The number of carbonyl (C=O) groups is 1. The molecule has 1 unspecified atom stereocenters. The molecule has 0 radical (unpaired) electrons. The first-order valence-corrected chi connectivity index (χ1v) is 12.0. The Balaban J connectivity index is 1.49. The summed E-state index contributed by atoms with van der Waals surface area (Å²) in [5, 5.41) is 0.450. The van der Waals surface area contributed by atoms with Crippen molar-refractivity contribution in [3.8, 4) is 5.75 Å². The number of sulfone groups is 1. The van der Waals surface area contributed by atoms with Crippen LogP contribution in [0.25, 0.3) is 0 Å². The van der Waals surface area contributed by atoms with Gasteiger partial charge in [-0.1, -0.05) is 11.6 Å². The molecule has 3 aliphatic rings. The molecule has 0 aromatic heterocycles. The molecule has 3 aliphatic heterocycles. The first kappa shape index (κ1) is 20.9. The van der Waals surface area contributed by atoms with Crippen LogP contribution in [0, 0.1) is 5.92 Å². The fourth-order valence-electron chi connectivity index (χ4n) is 4.83. The summed E-state index contributed by atoms with van der Waals surface area (Å²) in [7, 11) is 0.393. The van der Waals surface area contributed by atoms with Gasteiger partial charge in [-0.25, -0.2) is 8.42 Å². The van der Waals surface area contributed by atoms with Crippen LogP contribution in [0.3, 0.4) is 0 Å². The molecule has 3 fully saturated rings. The molecule has 1 atom stereocenters. The number of hydrogen-bond acceptors (Lipinski definition) is 6. The summed E-state index contributed by atoms with van der Waals surface area (Å²) < 4.78 is 30.4. The number of halogens is 1. The number of likely N-dealkylation sites (N-methyl/N-ethyl adjacent to an activating group) is 1. The van der Waals surface area contributed by atoms with Crippen LogP contribution in [-0.2, 0) is 9.84 Å². The molecule has 29 heavy (non-hydrogen) atoms. The normalized spacial score (nSPS) is 26.4. The van der Waals surface area contributed by atoms with Crippen molar-refractivity contribution in [3.05, 3.63) is 28.8 Å². The van der Waals surface area contributed by atoms with Crippen LogP contribution in [-0.4, -0.2) is 99.5 Å². The Morgan fingerprint density at radius 2 is 1.93 bits per heavy atom. The second kappa shape index (κ2) is 7.72.